The summed E-state index contributed by atoms with van der Waals surface area (Å²) in [7, 11) is 0. The normalized spacial score (nSPS) is 14.5. The van der Waals surface area contributed by atoms with Crippen molar-refractivity contribution in [2.45, 2.75) is 64.7 Å². The molecule has 0 saturated heterocycles. The lowest BCUT2D eigenvalue weighted by molar-refractivity contribution is 0.364. The monoisotopic (exact) mass is 256 g/mol. The zero-order valence-corrected chi connectivity index (χ0v) is 11.5. The molecule has 1 atom stereocenters. The molecule has 102 valence electrons. The Morgan fingerprint density at radius 2 is 1.83 bits per heavy atom. The van der Waals surface area contributed by atoms with Crippen LogP contribution in [0.2, 0.25) is 0 Å². The maximum atomic E-state index is 13.7. The third-order valence-electron chi connectivity index (χ3n) is 3.73. The predicted octanol–water partition coefficient (Wildman–Crippen LogP) is 4.39. The van der Waals surface area contributed by atoms with Crippen LogP contribution in [0.15, 0.2) is 6.07 Å². The third-order valence-corrected chi connectivity index (χ3v) is 3.73. The van der Waals surface area contributed by atoms with E-state index in [0.29, 0.717) is 5.56 Å². The lowest BCUT2D eigenvalue weighted by atomic mass is 9.76. The van der Waals surface area contributed by atoms with Crippen molar-refractivity contribution in [2.75, 3.05) is 0 Å². The van der Waals surface area contributed by atoms with Gasteiger partial charge < -0.3 is 0 Å². The van der Waals surface area contributed by atoms with Crippen LogP contribution >= 0.6 is 0 Å². The SMILES string of the molecule is CCCCCCC(C)(CC)c1cc(F)nnc1F. The van der Waals surface area contributed by atoms with E-state index in [1.165, 1.54) is 18.9 Å². The van der Waals surface area contributed by atoms with Gasteiger partial charge in [-0.25, -0.2) is 0 Å². The summed E-state index contributed by atoms with van der Waals surface area (Å²) in [5, 5.41) is 6.35. The second-order valence-corrected chi connectivity index (χ2v) is 5.10. The third kappa shape index (κ3) is 3.72. The van der Waals surface area contributed by atoms with Crippen LogP contribution in [0, 0.1) is 11.9 Å². The first-order valence-electron chi connectivity index (χ1n) is 6.72. The van der Waals surface area contributed by atoms with Gasteiger partial charge in [-0.2, -0.15) is 8.78 Å². The zero-order valence-electron chi connectivity index (χ0n) is 11.5. The summed E-state index contributed by atoms with van der Waals surface area (Å²) in [5.41, 5.74) is 0.00298. The molecule has 1 unspecified atom stereocenters. The standard InChI is InChI=1S/C14H22F2N2/c1-4-6-7-8-9-14(3,5-2)11-10-12(15)17-18-13(11)16/h10H,4-9H2,1-3H3. The number of nitrogens with zero attached hydrogens (tertiary/aromatic N) is 2. The molecule has 0 aliphatic carbocycles. The van der Waals surface area contributed by atoms with E-state index >= 15 is 0 Å². The highest BCUT2D eigenvalue weighted by molar-refractivity contribution is 5.20. The molecule has 0 aliphatic heterocycles. The molecule has 0 N–H and O–H groups in total. The minimum Gasteiger partial charge on any atom is -0.183 e. The Bertz CT molecular complexity index is 382. The minimum atomic E-state index is -0.709. The average Bonchev–Trinajstić information content (AvgIpc) is 2.37. The van der Waals surface area contributed by atoms with E-state index in [1.807, 2.05) is 13.8 Å². The fourth-order valence-electron chi connectivity index (χ4n) is 2.22. The summed E-state index contributed by atoms with van der Waals surface area (Å²) in [6, 6.07) is 1.19. The molecule has 0 amide bonds. The van der Waals surface area contributed by atoms with Gasteiger partial charge in [0, 0.05) is 11.6 Å². The van der Waals surface area contributed by atoms with Crippen molar-refractivity contribution in [2.24, 2.45) is 0 Å². The minimum absolute atomic E-state index is 0.353. The first-order chi connectivity index (χ1) is 8.53. The Kier molecular flexibility index (Phi) is 5.63. The van der Waals surface area contributed by atoms with E-state index in [9.17, 15) is 8.78 Å². The number of unbranched alkanes of at least 4 members (excludes halogenated alkanes) is 3. The maximum absolute atomic E-state index is 13.7. The molecule has 4 heteroatoms. The van der Waals surface area contributed by atoms with Gasteiger partial charge in [0.25, 0.3) is 0 Å². The molecule has 18 heavy (non-hydrogen) atoms. The zero-order chi connectivity index (χ0) is 13.6. The summed E-state index contributed by atoms with van der Waals surface area (Å²) < 4.78 is 26.8. The summed E-state index contributed by atoms with van der Waals surface area (Å²) in [6.07, 6.45) is 6.14. The van der Waals surface area contributed by atoms with Crippen molar-refractivity contribution in [3.05, 3.63) is 23.5 Å². The van der Waals surface area contributed by atoms with E-state index in [-0.39, 0.29) is 5.41 Å². The molecular formula is C14H22F2N2. The molecule has 1 aromatic rings. The molecule has 0 spiro atoms. The van der Waals surface area contributed by atoms with Gasteiger partial charge in [0.15, 0.2) is 0 Å². The van der Waals surface area contributed by atoms with Gasteiger partial charge in [-0.05, 0) is 18.3 Å². The van der Waals surface area contributed by atoms with Crippen molar-refractivity contribution in [1.29, 1.82) is 0 Å². The highest BCUT2D eigenvalue weighted by atomic mass is 19.1. The molecule has 0 bridgehead atoms. The van der Waals surface area contributed by atoms with Crippen molar-refractivity contribution in [1.82, 2.24) is 10.2 Å². The number of aromatic nitrogens is 2. The fourth-order valence-corrected chi connectivity index (χ4v) is 2.22. The van der Waals surface area contributed by atoms with Gasteiger partial charge in [-0.15, -0.1) is 10.2 Å². The van der Waals surface area contributed by atoms with Gasteiger partial charge in [0.1, 0.15) is 0 Å². The van der Waals surface area contributed by atoms with Crippen LogP contribution in [0.3, 0.4) is 0 Å². The van der Waals surface area contributed by atoms with E-state index in [0.717, 1.165) is 25.7 Å². The molecule has 0 aromatic carbocycles. The fraction of sp³-hybridized carbons (Fsp3) is 0.714. The predicted molar refractivity (Wildman–Crippen MR) is 68.4 cm³/mol. The van der Waals surface area contributed by atoms with Crippen LogP contribution in [0.25, 0.3) is 0 Å². The lowest BCUT2D eigenvalue weighted by Gasteiger charge is -2.28. The van der Waals surface area contributed by atoms with Crippen LogP contribution in [-0.4, -0.2) is 10.2 Å². The number of hydrogen-bond donors (Lipinski definition) is 0. The Morgan fingerprint density at radius 3 is 2.44 bits per heavy atom. The van der Waals surface area contributed by atoms with Gasteiger partial charge in [0.05, 0.1) is 0 Å². The number of hydrogen-bond acceptors (Lipinski definition) is 2. The first-order valence-corrected chi connectivity index (χ1v) is 6.72. The quantitative estimate of drug-likeness (QED) is 0.676. The van der Waals surface area contributed by atoms with Crippen molar-refractivity contribution in [3.63, 3.8) is 0 Å². The van der Waals surface area contributed by atoms with Crippen molar-refractivity contribution in [3.8, 4) is 0 Å². The highest BCUT2D eigenvalue weighted by Gasteiger charge is 2.28. The maximum Gasteiger partial charge on any atom is 0.237 e. The second-order valence-electron chi connectivity index (χ2n) is 5.10. The topological polar surface area (TPSA) is 25.8 Å². The van der Waals surface area contributed by atoms with Crippen LogP contribution < -0.4 is 0 Å². The van der Waals surface area contributed by atoms with Crippen molar-refractivity contribution >= 4 is 0 Å². The van der Waals surface area contributed by atoms with Gasteiger partial charge in [-0.1, -0.05) is 46.5 Å². The van der Waals surface area contributed by atoms with Gasteiger partial charge in [-0.3, -0.25) is 0 Å². The van der Waals surface area contributed by atoms with E-state index in [1.54, 1.807) is 0 Å². The summed E-state index contributed by atoms with van der Waals surface area (Å²) >= 11 is 0. The summed E-state index contributed by atoms with van der Waals surface area (Å²) in [6.45, 7) is 6.12. The van der Waals surface area contributed by atoms with Crippen LogP contribution in [0.5, 0.6) is 0 Å². The Balaban J connectivity index is 2.82. The molecular weight excluding hydrogens is 234 g/mol. The largest absolute Gasteiger partial charge is 0.237 e. The van der Waals surface area contributed by atoms with E-state index in [2.05, 4.69) is 17.1 Å². The molecule has 1 aromatic heterocycles. The van der Waals surface area contributed by atoms with Crippen molar-refractivity contribution < 1.29 is 8.78 Å². The van der Waals surface area contributed by atoms with E-state index in [4.69, 9.17) is 0 Å². The first kappa shape index (κ1) is 15.0. The molecule has 2 nitrogen and oxygen atoms in total. The molecule has 0 fully saturated rings. The molecule has 0 aliphatic rings. The van der Waals surface area contributed by atoms with E-state index < -0.39 is 11.9 Å². The number of rotatable bonds is 7. The Morgan fingerprint density at radius 1 is 1.11 bits per heavy atom. The smallest absolute Gasteiger partial charge is 0.183 e. The second kappa shape index (κ2) is 6.76. The van der Waals surface area contributed by atoms with Gasteiger partial charge >= 0.3 is 0 Å². The highest BCUT2D eigenvalue weighted by Crippen LogP contribution is 2.34. The van der Waals surface area contributed by atoms with Crippen LogP contribution in [0.4, 0.5) is 8.78 Å². The molecule has 0 radical (unpaired) electrons. The number of halogens is 2. The van der Waals surface area contributed by atoms with Crippen LogP contribution in [-0.2, 0) is 5.41 Å². The Labute approximate surface area is 108 Å². The molecule has 1 rings (SSSR count). The molecule has 0 saturated carbocycles. The molecule has 1 heterocycles. The summed E-state index contributed by atoms with van der Waals surface area (Å²) in [4.78, 5) is 0. The summed E-state index contributed by atoms with van der Waals surface area (Å²) in [5.74, 6) is -1.35. The Hall–Kier alpha value is -1.06. The average molecular weight is 256 g/mol. The van der Waals surface area contributed by atoms with Gasteiger partial charge in [0.2, 0.25) is 11.9 Å². The van der Waals surface area contributed by atoms with Crippen LogP contribution in [0.1, 0.15) is 64.9 Å². The lowest BCUT2D eigenvalue weighted by Crippen LogP contribution is -2.24.